The van der Waals surface area contributed by atoms with E-state index in [0.717, 1.165) is 54.6 Å². The SMILES string of the molecule is C=C(Nc1cn[nH]c1C(=C)Nc1ccc(N2CCN(C)CC2)nc1)c1cncc(Cl)c1. The minimum Gasteiger partial charge on any atom is -0.354 e. The van der Waals surface area contributed by atoms with E-state index in [1.54, 1.807) is 24.7 Å². The predicted octanol–water partition coefficient (Wildman–Crippen LogP) is 3.77. The van der Waals surface area contributed by atoms with Crippen molar-refractivity contribution in [3.05, 3.63) is 72.4 Å². The Kier molecular flexibility index (Phi) is 6.20. The van der Waals surface area contributed by atoms with Gasteiger partial charge in [-0.25, -0.2) is 4.98 Å². The number of likely N-dealkylation sites (N-methyl/N-ethyl adjacent to an activating group) is 1. The van der Waals surface area contributed by atoms with Crippen molar-refractivity contribution in [3.8, 4) is 0 Å². The fourth-order valence-corrected chi connectivity index (χ4v) is 3.52. The molecule has 3 aromatic rings. The summed E-state index contributed by atoms with van der Waals surface area (Å²) in [6, 6.07) is 5.83. The van der Waals surface area contributed by atoms with E-state index in [-0.39, 0.29) is 0 Å². The summed E-state index contributed by atoms with van der Waals surface area (Å²) in [5.41, 5.74) is 4.42. The molecule has 0 unspecified atom stereocenters. The van der Waals surface area contributed by atoms with Crippen molar-refractivity contribution in [3.63, 3.8) is 0 Å². The van der Waals surface area contributed by atoms with Crippen molar-refractivity contribution in [2.75, 3.05) is 48.8 Å². The van der Waals surface area contributed by atoms with E-state index in [9.17, 15) is 0 Å². The predicted molar refractivity (Wildman–Crippen MR) is 127 cm³/mol. The number of anilines is 3. The Morgan fingerprint density at radius 3 is 2.55 bits per heavy atom. The molecule has 3 aromatic heterocycles. The molecule has 0 spiro atoms. The maximum atomic E-state index is 6.02. The number of H-pyrrole nitrogens is 1. The minimum absolute atomic E-state index is 0.548. The maximum absolute atomic E-state index is 6.02. The summed E-state index contributed by atoms with van der Waals surface area (Å²) in [5, 5.41) is 14.2. The Labute approximate surface area is 186 Å². The van der Waals surface area contributed by atoms with Crippen molar-refractivity contribution < 1.29 is 0 Å². The summed E-state index contributed by atoms with van der Waals surface area (Å²) >= 11 is 6.02. The highest BCUT2D eigenvalue weighted by Gasteiger charge is 2.15. The second-order valence-corrected chi connectivity index (χ2v) is 7.89. The monoisotopic (exact) mass is 436 g/mol. The molecule has 0 bridgehead atoms. The van der Waals surface area contributed by atoms with Crippen LogP contribution in [0.5, 0.6) is 0 Å². The molecule has 0 radical (unpaired) electrons. The third kappa shape index (κ3) is 5.04. The Balaban J connectivity index is 1.40. The van der Waals surface area contributed by atoms with Crippen molar-refractivity contribution in [2.24, 2.45) is 0 Å². The molecule has 8 nitrogen and oxygen atoms in total. The standard InChI is InChI=1S/C22H25ClN8/c1-15(17-10-18(23)12-24-11-17)28-20-14-26-29-22(20)16(2)27-19-4-5-21(25-13-19)31-8-6-30(3)7-9-31/h4-5,10-14,27-28H,1-2,6-9H2,3H3,(H,26,29). The molecule has 1 aliphatic rings. The molecule has 0 atom stereocenters. The number of aromatic amines is 1. The average molecular weight is 437 g/mol. The van der Waals surface area contributed by atoms with Gasteiger partial charge in [-0.3, -0.25) is 10.1 Å². The van der Waals surface area contributed by atoms with Crippen LogP contribution in [0.2, 0.25) is 5.02 Å². The Morgan fingerprint density at radius 2 is 1.84 bits per heavy atom. The number of hydrogen-bond donors (Lipinski definition) is 3. The molecule has 4 rings (SSSR count). The van der Waals surface area contributed by atoms with Crippen LogP contribution in [0, 0.1) is 0 Å². The van der Waals surface area contributed by atoms with Gasteiger partial charge in [0.1, 0.15) is 11.5 Å². The number of hydrogen-bond acceptors (Lipinski definition) is 7. The maximum Gasteiger partial charge on any atom is 0.128 e. The highest BCUT2D eigenvalue weighted by atomic mass is 35.5. The molecule has 3 N–H and O–H groups in total. The molecule has 0 amide bonds. The van der Waals surface area contributed by atoms with E-state index < -0.39 is 0 Å². The molecule has 4 heterocycles. The fourth-order valence-electron chi connectivity index (χ4n) is 3.34. The first-order valence-corrected chi connectivity index (χ1v) is 10.3. The molecule has 1 fully saturated rings. The summed E-state index contributed by atoms with van der Waals surface area (Å²) in [7, 11) is 2.14. The molecule has 1 saturated heterocycles. The quantitative estimate of drug-likeness (QED) is 0.519. The minimum atomic E-state index is 0.548. The van der Waals surface area contributed by atoms with Crippen LogP contribution in [0.4, 0.5) is 17.2 Å². The van der Waals surface area contributed by atoms with Gasteiger partial charge in [-0.15, -0.1) is 0 Å². The van der Waals surface area contributed by atoms with Gasteiger partial charge >= 0.3 is 0 Å². The van der Waals surface area contributed by atoms with Gasteiger partial charge in [0.2, 0.25) is 0 Å². The molecule has 160 valence electrons. The van der Waals surface area contributed by atoms with Crippen molar-refractivity contribution >= 4 is 40.2 Å². The lowest BCUT2D eigenvalue weighted by atomic mass is 10.2. The van der Waals surface area contributed by atoms with Crippen molar-refractivity contribution in [2.45, 2.75) is 0 Å². The van der Waals surface area contributed by atoms with Gasteiger partial charge < -0.3 is 20.4 Å². The lowest BCUT2D eigenvalue weighted by Crippen LogP contribution is -2.44. The zero-order chi connectivity index (χ0) is 21.8. The molecule has 31 heavy (non-hydrogen) atoms. The highest BCUT2D eigenvalue weighted by molar-refractivity contribution is 6.30. The molecule has 0 aromatic carbocycles. The second-order valence-electron chi connectivity index (χ2n) is 7.45. The number of nitrogens with one attached hydrogen (secondary N) is 3. The summed E-state index contributed by atoms with van der Waals surface area (Å²) < 4.78 is 0. The number of pyridine rings is 2. The van der Waals surface area contributed by atoms with Crippen LogP contribution in [0.15, 0.2) is 56.1 Å². The van der Waals surface area contributed by atoms with Gasteiger partial charge in [0.15, 0.2) is 0 Å². The Hall–Kier alpha value is -3.36. The Morgan fingerprint density at radius 1 is 1.03 bits per heavy atom. The number of nitrogens with zero attached hydrogens (tertiary/aromatic N) is 5. The summed E-state index contributed by atoms with van der Waals surface area (Å²) in [5.74, 6) is 0.986. The van der Waals surface area contributed by atoms with E-state index in [1.807, 2.05) is 18.3 Å². The van der Waals surface area contributed by atoms with Crippen LogP contribution in [-0.4, -0.2) is 58.3 Å². The second kappa shape index (κ2) is 9.20. The van der Waals surface area contributed by atoms with Crippen LogP contribution >= 0.6 is 11.6 Å². The largest absolute Gasteiger partial charge is 0.354 e. The van der Waals surface area contributed by atoms with Crippen molar-refractivity contribution in [1.82, 2.24) is 25.1 Å². The summed E-state index contributed by atoms with van der Waals surface area (Å²) in [6.07, 6.45) is 6.77. The van der Waals surface area contributed by atoms with E-state index >= 15 is 0 Å². The van der Waals surface area contributed by atoms with Crippen LogP contribution in [0.1, 0.15) is 11.3 Å². The first-order chi connectivity index (χ1) is 15.0. The zero-order valence-corrected chi connectivity index (χ0v) is 18.2. The van der Waals surface area contributed by atoms with Crippen LogP contribution in [0.25, 0.3) is 11.4 Å². The van der Waals surface area contributed by atoms with Gasteiger partial charge in [0.25, 0.3) is 0 Å². The third-order valence-electron chi connectivity index (χ3n) is 5.15. The lowest BCUT2D eigenvalue weighted by Gasteiger charge is -2.33. The van der Waals surface area contributed by atoms with E-state index in [1.165, 1.54) is 0 Å². The van der Waals surface area contributed by atoms with E-state index in [4.69, 9.17) is 11.6 Å². The van der Waals surface area contributed by atoms with E-state index in [2.05, 4.69) is 60.8 Å². The first kappa shape index (κ1) is 20.9. The Bertz CT molecular complexity index is 1070. The van der Waals surface area contributed by atoms with Crippen LogP contribution < -0.4 is 15.5 Å². The summed E-state index contributed by atoms with van der Waals surface area (Å²) in [4.78, 5) is 13.3. The summed E-state index contributed by atoms with van der Waals surface area (Å²) in [6.45, 7) is 12.3. The normalized spacial score (nSPS) is 14.3. The average Bonchev–Trinajstić information content (AvgIpc) is 3.23. The highest BCUT2D eigenvalue weighted by Crippen LogP contribution is 2.26. The van der Waals surface area contributed by atoms with Gasteiger partial charge in [0.05, 0.1) is 34.5 Å². The van der Waals surface area contributed by atoms with E-state index in [0.29, 0.717) is 16.4 Å². The van der Waals surface area contributed by atoms with Gasteiger partial charge in [-0.05, 0) is 25.2 Å². The van der Waals surface area contributed by atoms with Gasteiger partial charge in [-0.1, -0.05) is 24.8 Å². The fraction of sp³-hybridized carbons (Fsp3) is 0.227. The topological polar surface area (TPSA) is 85.0 Å². The van der Waals surface area contributed by atoms with Crippen molar-refractivity contribution in [1.29, 1.82) is 0 Å². The first-order valence-electron chi connectivity index (χ1n) is 9.95. The molecule has 1 aliphatic heterocycles. The molecular formula is C22H25ClN8. The number of piperazine rings is 1. The molecule has 0 aliphatic carbocycles. The molecular weight excluding hydrogens is 412 g/mol. The van der Waals surface area contributed by atoms with Gasteiger partial charge in [-0.2, -0.15) is 5.10 Å². The zero-order valence-electron chi connectivity index (χ0n) is 17.4. The number of rotatable bonds is 7. The lowest BCUT2D eigenvalue weighted by molar-refractivity contribution is 0.312. The smallest absolute Gasteiger partial charge is 0.128 e. The number of aromatic nitrogens is 4. The van der Waals surface area contributed by atoms with Gasteiger partial charge in [0, 0.05) is 49.8 Å². The van der Waals surface area contributed by atoms with Crippen LogP contribution in [0.3, 0.4) is 0 Å². The third-order valence-corrected chi connectivity index (χ3v) is 5.36. The molecule has 0 saturated carbocycles. The van der Waals surface area contributed by atoms with Crippen LogP contribution in [-0.2, 0) is 0 Å². The number of halogens is 1. The molecule has 9 heteroatoms.